The number of benzene rings is 4. The molecule has 4 heterocycles. The molecule has 0 aliphatic carbocycles. The Morgan fingerprint density at radius 3 is 1.49 bits per heavy atom. The van der Waals surface area contributed by atoms with E-state index in [1.807, 2.05) is 123 Å². The molecule has 2 saturated heterocycles. The SMILES string of the molecule is C[C@@H](c1ccc(-c2ccc[n+]([O-])c2)cc1)N1CC[C@](CCCO)(c2ccccc2)OC1=O.C[C@@H](c1ccc(-c2cccnc2)cc1)N1CC[C@](CCCO)(c2ccccc2)OC1=O. The van der Waals surface area contributed by atoms with Crippen molar-refractivity contribution in [1.82, 2.24) is 14.8 Å². The van der Waals surface area contributed by atoms with Gasteiger partial charge in [0.1, 0.15) is 11.2 Å². The Bertz CT molecular complexity index is 2390. The molecule has 0 saturated carbocycles. The van der Waals surface area contributed by atoms with E-state index in [-0.39, 0.29) is 37.5 Å². The molecule has 6 aromatic rings. The van der Waals surface area contributed by atoms with Crippen molar-refractivity contribution in [3.63, 3.8) is 0 Å². The molecule has 2 N–H and O–H groups in total. The molecule has 0 radical (unpaired) electrons. The summed E-state index contributed by atoms with van der Waals surface area (Å²) in [5, 5.41) is 30.3. The molecule has 2 aliphatic rings. The highest BCUT2D eigenvalue weighted by Crippen LogP contribution is 2.42. The van der Waals surface area contributed by atoms with Crippen molar-refractivity contribution in [2.24, 2.45) is 0 Å². The second kappa shape index (κ2) is 20.5. The molecule has 63 heavy (non-hydrogen) atoms. The van der Waals surface area contributed by atoms with Gasteiger partial charge in [0.05, 0.1) is 12.1 Å². The number of cyclic esters (lactones) is 2. The van der Waals surface area contributed by atoms with Gasteiger partial charge in [-0.2, -0.15) is 4.73 Å². The van der Waals surface area contributed by atoms with Crippen molar-refractivity contribution in [3.8, 4) is 22.3 Å². The molecule has 11 heteroatoms. The first-order chi connectivity index (χ1) is 30.6. The lowest BCUT2D eigenvalue weighted by Crippen LogP contribution is -2.48. The fourth-order valence-corrected chi connectivity index (χ4v) is 8.73. The average Bonchev–Trinajstić information content (AvgIpc) is 3.33. The Hall–Kier alpha value is -6.56. The standard InChI is InChI=1S/C26H28N2O4.C26H28N2O3/c1-20(21-10-12-22(13-11-21)23-7-5-16-27(31)19-23)28-17-15-26(14-6-18-29,32-25(28)30)24-8-3-2-4-9-24;1-20(21-10-12-22(13-11-21)23-7-5-16-27-19-23)28-17-15-26(14-6-18-29,31-25(28)30)24-8-3-2-4-9-24/h2-5,7-13,16,19-20,29H,6,14-15,17-18H2,1H3;2-5,7-13,16,19-20,29H,6,14-15,17-18H2,1H3/t2*20-,26+/m00/s1. The maximum absolute atomic E-state index is 13.1. The normalized spacial score (nSPS) is 19.6. The number of aliphatic hydroxyl groups excluding tert-OH is 2. The molecule has 4 aromatic carbocycles. The largest absolute Gasteiger partial charge is 0.619 e. The molecule has 2 fully saturated rings. The Balaban J connectivity index is 0.000000189. The number of carbonyl (C=O) groups excluding carboxylic acids is 2. The quantitative estimate of drug-likeness (QED) is 0.0816. The van der Waals surface area contributed by atoms with Crippen LogP contribution in [0.3, 0.4) is 0 Å². The number of carbonyl (C=O) groups is 2. The number of ether oxygens (including phenoxy) is 2. The van der Waals surface area contributed by atoms with Crippen molar-refractivity contribution in [2.45, 2.75) is 75.7 Å². The number of hydrogen-bond acceptors (Lipinski definition) is 8. The lowest BCUT2D eigenvalue weighted by atomic mass is 9.84. The second-order valence-electron chi connectivity index (χ2n) is 16.3. The van der Waals surface area contributed by atoms with Crippen LogP contribution in [-0.2, 0) is 20.7 Å². The van der Waals surface area contributed by atoms with Crippen LogP contribution in [0.5, 0.6) is 0 Å². The third kappa shape index (κ3) is 10.4. The summed E-state index contributed by atoms with van der Waals surface area (Å²) in [6.45, 7) is 5.33. The van der Waals surface area contributed by atoms with Gasteiger partial charge in [-0.25, -0.2) is 9.59 Å². The zero-order valence-corrected chi connectivity index (χ0v) is 36.0. The van der Waals surface area contributed by atoms with Gasteiger partial charge < -0.3 is 34.7 Å². The lowest BCUT2D eigenvalue weighted by molar-refractivity contribution is -0.604. The third-order valence-electron chi connectivity index (χ3n) is 12.4. The van der Waals surface area contributed by atoms with Crippen molar-refractivity contribution in [2.75, 3.05) is 26.3 Å². The van der Waals surface area contributed by atoms with Gasteiger partial charge in [0.2, 0.25) is 0 Å². The summed E-state index contributed by atoms with van der Waals surface area (Å²) in [7, 11) is 0. The minimum absolute atomic E-state index is 0.0619. The third-order valence-corrected chi connectivity index (χ3v) is 12.4. The molecular weight excluding hydrogens is 793 g/mol. The van der Waals surface area contributed by atoms with E-state index in [1.165, 1.54) is 12.4 Å². The topological polar surface area (TPSA) is 139 Å². The monoisotopic (exact) mass is 848 g/mol. The van der Waals surface area contributed by atoms with Gasteiger partial charge in [-0.05, 0) is 90.6 Å². The highest BCUT2D eigenvalue weighted by atomic mass is 16.6. The number of nitrogens with zero attached hydrogens (tertiary/aromatic N) is 4. The summed E-state index contributed by atoms with van der Waals surface area (Å²) in [6, 6.07) is 43.2. The highest BCUT2D eigenvalue weighted by Gasteiger charge is 2.44. The first kappa shape index (κ1) is 44.5. The average molecular weight is 849 g/mol. The lowest BCUT2D eigenvalue weighted by Gasteiger charge is -2.43. The second-order valence-corrected chi connectivity index (χ2v) is 16.3. The van der Waals surface area contributed by atoms with Gasteiger partial charge in [-0.3, -0.25) is 4.98 Å². The van der Waals surface area contributed by atoms with E-state index in [4.69, 9.17) is 9.47 Å². The summed E-state index contributed by atoms with van der Waals surface area (Å²) in [6.07, 6.45) is 9.67. The number of hydrogen-bond donors (Lipinski definition) is 2. The Morgan fingerprint density at radius 1 is 0.619 bits per heavy atom. The molecule has 0 bridgehead atoms. The van der Waals surface area contributed by atoms with Gasteiger partial charge in [-0.1, -0.05) is 115 Å². The van der Waals surface area contributed by atoms with Crippen LogP contribution >= 0.6 is 0 Å². The Labute approximate surface area is 369 Å². The van der Waals surface area contributed by atoms with Crippen molar-refractivity contribution in [3.05, 3.63) is 186 Å². The van der Waals surface area contributed by atoms with Crippen LogP contribution in [0.15, 0.2) is 158 Å². The van der Waals surface area contributed by atoms with Crippen LogP contribution in [0.1, 0.15) is 86.7 Å². The predicted molar refractivity (Wildman–Crippen MR) is 242 cm³/mol. The number of pyridine rings is 2. The van der Waals surface area contributed by atoms with Gasteiger partial charge in [-0.15, -0.1) is 0 Å². The number of aliphatic hydroxyl groups is 2. The van der Waals surface area contributed by atoms with Crippen LogP contribution in [0, 0.1) is 5.21 Å². The smallest absolute Gasteiger partial charge is 0.411 e. The van der Waals surface area contributed by atoms with Crippen molar-refractivity contribution < 1.29 is 34.0 Å². The molecule has 0 unspecified atom stereocenters. The minimum atomic E-state index is -0.706. The Morgan fingerprint density at radius 2 is 1.08 bits per heavy atom. The van der Waals surface area contributed by atoms with E-state index < -0.39 is 11.2 Å². The van der Waals surface area contributed by atoms with E-state index in [0.29, 0.717) is 51.6 Å². The molecule has 326 valence electrons. The molecule has 11 nitrogen and oxygen atoms in total. The van der Waals surface area contributed by atoms with E-state index >= 15 is 0 Å². The minimum Gasteiger partial charge on any atom is -0.619 e. The van der Waals surface area contributed by atoms with Gasteiger partial charge >= 0.3 is 12.2 Å². The van der Waals surface area contributed by atoms with Crippen LogP contribution < -0.4 is 4.73 Å². The first-order valence-corrected chi connectivity index (χ1v) is 21.8. The Kier molecular flexibility index (Phi) is 14.5. The van der Waals surface area contributed by atoms with Gasteiger partial charge in [0.25, 0.3) is 0 Å². The molecule has 2 aliphatic heterocycles. The maximum Gasteiger partial charge on any atom is 0.411 e. The van der Waals surface area contributed by atoms with E-state index in [2.05, 4.69) is 29.2 Å². The molecular formula is C52H56N4O7. The molecule has 2 aromatic heterocycles. The molecule has 2 amide bonds. The van der Waals surface area contributed by atoms with Crippen molar-refractivity contribution >= 4 is 12.2 Å². The van der Waals surface area contributed by atoms with Crippen LogP contribution in [0.2, 0.25) is 0 Å². The number of aromatic nitrogens is 2. The summed E-state index contributed by atoms with van der Waals surface area (Å²) in [5.74, 6) is 0. The van der Waals surface area contributed by atoms with E-state index in [0.717, 1.165) is 49.2 Å². The number of rotatable bonds is 14. The van der Waals surface area contributed by atoms with Crippen LogP contribution in [0.4, 0.5) is 9.59 Å². The maximum atomic E-state index is 13.1. The van der Waals surface area contributed by atoms with Crippen LogP contribution in [0.25, 0.3) is 22.3 Å². The first-order valence-electron chi connectivity index (χ1n) is 21.8. The summed E-state index contributed by atoms with van der Waals surface area (Å²) in [4.78, 5) is 33.9. The fraction of sp³-hybridized carbons (Fsp3) is 0.308. The zero-order valence-electron chi connectivity index (χ0n) is 36.0. The van der Waals surface area contributed by atoms with Gasteiger partial charge in [0.15, 0.2) is 12.4 Å². The van der Waals surface area contributed by atoms with E-state index in [9.17, 15) is 25.0 Å². The zero-order chi connectivity index (χ0) is 44.2. The van der Waals surface area contributed by atoms with Crippen molar-refractivity contribution in [1.29, 1.82) is 0 Å². The van der Waals surface area contributed by atoms with E-state index in [1.54, 1.807) is 22.1 Å². The number of amides is 2. The molecule has 4 atom stereocenters. The highest BCUT2D eigenvalue weighted by molar-refractivity contribution is 5.71. The summed E-state index contributed by atoms with van der Waals surface area (Å²) < 4.78 is 12.9. The fourth-order valence-electron chi connectivity index (χ4n) is 8.73. The van der Waals surface area contributed by atoms with Crippen LogP contribution in [-0.4, -0.2) is 63.5 Å². The molecule has 8 rings (SSSR count). The summed E-state index contributed by atoms with van der Waals surface area (Å²) >= 11 is 0. The molecule has 0 spiro atoms. The van der Waals surface area contributed by atoms with Gasteiger partial charge in [0, 0.05) is 63.2 Å². The predicted octanol–water partition coefficient (Wildman–Crippen LogP) is 9.88. The summed E-state index contributed by atoms with van der Waals surface area (Å²) in [5.41, 5.74) is 6.58.